The first kappa shape index (κ1) is 26.3. The molecule has 0 aliphatic carbocycles. The molecule has 4 heavy (non-hydrogen) atoms. The molecule has 17 valence electrons. The summed E-state index contributed by atoms with van der Waals surface area (Å²) in [5, 5.41) is 0. The van der Waals surface area contributed by atoms with Crippen molar-refractivity contribution in [2.24, 2.45) is 0 Å². The van der Waals surface area contributed by atoms with Crippen LogP contribution in [0.5, 0.6) is 0 Å². The van der Waals surface area contributed by atoms with Crippen molar-refractivity contribution >= 4 is 61.3 Å². The fraction of sp³-hybridized carbons (Fsp3) is 0. The molecular formula is H3KMoPZn. The van der Waals surface area contributed by atoms with E-state index in [1.807, 2.05) is 0 Å². The summed E-state index contributed by atoms with van der Waals surface area (Å²) < 4.78 is 0. The van der Waals surface area contributed by atoms with Crippen LogP contribution in [0.3, 0.4) is 0 Å². The van der Waals surface area contributed by atoms with Crippen molar-refractivity contribution in [2.75, 3.05) is 0 Å². The van der Waals surface area contributed by atoms with Gasteiger partial charge in [0, 0.05) is 91.9 Å². The van der Waals surface area contributed by atoms with Crippen molar-refractivity contribution in [1.82, 2.24) is 0 Å². The fourth-order valence-corrected chi connectivity index (χ4v) is 0. The minimum atomic E-state index is 0. The van der Waals surface area contributed by atoms with Crippen LogP contribution in [-0.2, 0) is 40.5 Å². The van der Waals surface area contributed by atoms with Gasteiger partial charge < -0.3 is 0 Å². The van der Waals surface area contributed by atoms with E-state index < -0.39 is 0 Å². The third-order valence-corrected chi connectivity index (χ3v) is 0. The molecule has 0 heterocycles. The topological polar surface area (TPSA) is 0 Å². The Labute approximate surface area is 99.3 Å². The molecule has 0 amide bonds. The van der Waals surface area contributed by atoms with E-state index in [1.54, 1.807) is 0 Å². The van der Waals surface area contributed by atoms with Gasteiger partial charge in [-0.3, -0.25) is 0 Å². The molecule has 0 spiro atoms. The molecule has 0 aliphatic rings. The van der Waals surface area contributed by atoms with E-state index in [4.69, 9.17) is 0 Å². The van der Waals surface area contributed by atoms with Crippen molar-refractivity contribution in [3.63, 3.8) is 0 Å². The number of rotatable bonds is 0. The van der Waals surface area contributed by atoms with E-state index in [0.29, 0.717) is 0 Å². The van der Waals surface area contributed by atoms with Crippen molar-refractivity contribution in [3.8, 4) is 0 Å². The first-order valence-electron chi connectivity index (χ1n) is 0. The average Bonchev–Trinajstić information content (AvgIpc) is 0. The molecule has 0 aliphatic heterocycles. The standard InChI is InChI=1S/K.Mo.H3P.Zn/h;;1H3;. The molecule has 0 rings (SSSR count). The smallest absolute Gasteiger partial charge is 0 e. The summed E-state index contributed by atoms with van der Waals surface area (Å²) in [6.45, 7) is 0. The molecule has 0 aromatic heterocycles. The summed E-state index contributed by atoms with van der Waals surface area (Å²) in [6.07, 6.45) is 0. The maximum absolute atomic E-state index is 0. The SMILES string of the molecule is P.[K].[Mo].[Zn]. The van der Waals surface area contributed by atoms with Gasteiger partial charge in [-0.2, -0.15) is 9.90 Å². The van der Waals surface area contributed by atoms with Crippen molar-refractivity contribution in [3.05, 3.63) is 0 Å². The van der Waals surface area contributed by atoms with Crippen LogP contribution in [0.1, 0.15) is 0 Å². The third-order valence-electron chi connectivity index (χ3n) is 0. The van der Waals surface area contributed by atoms with Crippen molar-refractivity contribution < 1.29 is 40.5 Å². The first-order valence-corrected chi connectivity index (χ1v) is 0. The van der Waals surface area contributed by atoms with Gasteiger partial charge in [0.2, 0.25) is 0 Å². The summed E-state index contributed by atoms with van der Waals surface area (Å²) >= 11 is 0. The zero-order valence-corrected chi connectivity index (χ0v) is 12.3. The van der Waals surface area contributed by atoms with E-state index in [9.17, 15) is 0 Å². The Morgan fingerprint density at radius 3 is 1.00 bits per heavy atom. The van der Waals surface area contributed by atoms with Crippen LogP contribution in [0.4, 0.5) is 0 Å². The van der Waals surface area contributed by atoms with Crippen LogP contribution in [0.15, 0.2) is 0 Å². The predicted molar refractivity (Wildman–Crippen MR) is 16.9 cm³/mol. The molecule has 0 saturated heterocycles. The minimum Gasteiger partial charge on any atom is -0.153 e. The minimum absolute atomic E-state index is 0. The summed E-state index contributed by atoms with van der Waals surface area (Å²) in [7, 11) is 0. The average molecular weight is 234 g/mol. The molecule has 0 bridgehead atoms. The van der Waals surface area contributed by atoms with Gasteiger partial charge in [0.15, 0.2) is 0 Å². The van der Waals surface area contributed by atoms with Crippen LogP contribution in [0.25, 0.3) is 0 Å². The van der Waals surface area contributed by atoms with Gasteiger partial charge in [-0.1, -0.05) is 0 Å². The molecule has 0 saturated carbocycles. The monoisotopic (exact) mass is 235 g/mol. The van der Waals surface area contributed by atoms with Gasteiger partial charge in [-0.25, -0.2) is 0 Å². The molecule has 0 N–H and O–H groups in total. The van der Waals surface area contributed by atoms with Crippen LogP contribution < -0.4 is 0 Å². The molecule has 1 unspecified atom stereocenters. The Balaban J connectivity index is 0. The quantitative estimate of drug-likeness (QED) is 0.398. The molecule has 1 radical (unpaired) electrons. The molecule has 0 fully saturated rings. The largest absolute Gasteiger partial charge is 0.153 e. The summed E-state index contributed by atoms with van der Waals surface area (Å²) in [6, 6.07) is 0. The van der Waals surface area contributed by atoms with Gasteiger partial charge in [-0.05, 0) is 0 Å². The second-order valence-corrected chi connectivity index (χ2v) is 0. The predicted octanol–water partition coefficient (Wildman–Crippen LogP) is -0.328. The van der Waals surface area contributed by atoms with Crippen LogP contribution in [-0.4, -0.2) is 51.4 Å². The zero-order chi connectivity index (χ0) is 0. The normalized spacial score (nSPS) is 0. The van der Waals surface area contributed by atoms with E-state index in [-0.39, 0.29) is 102 Å². The maximum atomic E-state index is 0. The van der Waals surface area contributed by atoms with Crippen molar-refractivity contribution in [2.45, 2.75) is 0 Å². The van der Waals surface area contributed by atoms with Crippen LogP contribution in [0, 0.1) is 0 Å². The maximum Gasteiger partial charge on any atom is 0 e. The van der Waals surface area contributed by atoms with E-state index in [0.717, 1.165) is 0 Å². The van der Waals surface area contributed by atoms with Crippen molar-refractivity contribution in [1.29, 1.82) is 0 Å². The second-order valence-electron chi connectivity index (χ2n) is 0. The first-order chi connectivity index (χ1) is 0. The van der Waals surface area contributed by atoms with E-state index in [1.165, 1.54) is 0 Å². The zero-order valence-electron chi connectivity index (χ0n) is 2.82. The van der Waals surface area contributed by atoms with Crippen LogP contribution >= 0.6 is 9.90 Å². The molecule has 1 atom stereocenters. The fourth-order valence-electron chi connectivity index (χ4n) is 0. The number of hydrogen-bond acceptors (Lipinski definition) is 0. The van der Waals surface area contributed by atoms with Gasteiger partial charge in [0.1, 0.15) is 0 Å². The molecule has 0 nitrogen and oxygen atoms in total. The summed E-state index contributed by atoms with van der Waals surface area (Å²) in [4.78, 5) is 0. The molecule has 4 heteroatoms. The van der Waals surface area contributed by atoms with Crippen LogP contribution in [0.2, 0.25) is 0 Å². The van der Waals surface area contributed by atoms with Gasteiger partial charge in [-0.15, -0.1) is 0 Å². The Morgan fingerprint density at radius 1 is 1.00 bits per heavy atom. The Kier molecular flexibility index (Phi) is 106. The van der Waals surface area contributed by atoms with E-state index >= 15 is 0 Å². The van der Waals surface area contributed by atoms with Gasteiger partial charge in [0.25, 0.3) is 0 Å². The Hall–Kier alpha value is 3.38. The Bertz CT molecular complexity index is 8.00. The molecular weight excluding hydrogens is 231 g/mol. The number of hydrogen-bond donors (Lipinski definition) is 0. The second kappa shape index (κ2) is 16.2. The van der Waals surface area contributed by atoms with Gasteiger partial charge >= 0.3 is 0 Å². The Morgan fingerprint density at radius 2 is 1.00 bits per heavy atom. The third kappa shape index (κ3) is 9.03. The van der Waals surface area contributed by atoms with Gasteiger partial charge in [0.05, 0.1) is 0 Å². The summed E-state index contributed by atoms with van der Waals surface area (Å²) in [5.41, 5.74) is 0. The molecule has 0 aromatic rings. The summed E-state index contributed by atoms with van der Waals surface area (Å²) in [5.74, 6) is 0. The van der Waals surface area contributed by atoms with E-state index in [2.05, 4.69) is 0 Å². The molecule has 0 aromatic carbocycles.